The maximum Gasteiger partial charge on any atom is 0.255 e. The van der Waals surface area contributed by atoms with E-state index >= 15 is 0 Å². The summed E-state index contributed by atoms with van der Waals surface area (Å²) in [5, 5.41) is 18.2. The number of phenolic OH excluding ortho intramolecular Hbond substituents is 1. The number of carbonyl (C=O) groups excluding carboxylic acids is 1. The van der Waals surface area contributed by atoms with Gasteiger partial charge in [0.1, 0.15) is 17.4 Å². The molecular weight excluding hydrogens is 239 g/mol. The van der Waals surface area contributed by atoms with E-state index in [-0.39, 0.29) is 12.1 Å². The van der Waals surface area contributed by atoms with Gasteiger partial charge < -0.3 is 16.2 Å². The fraction of sp³-hybridized carbons (Fsp3) is 0.0909. The van der Waals surface area contributed by atoms with E-state index < -0.39 is 17.5 Å². The van der Waals surface area contributed by atoms with Crippen LogP contribution in [0.3, 0.4) is 0 Å². The van der Waals surface area contributed by atoms with Crippen molar-refractivity contribution in [2.45, 2.75) is 6.54 Å². The molecule has 1 heterocycles. The summed E-state index contributed by atoms with van der Waals surface area (Å²) in [6.45, 7) is 0.165. The predicted molar refractivity (Wildman–Crippen MR) is 62.2 cm³/mol. The number of rotatable bonds is 3. The number of phenols is 1. The Morgan fingerprint density at radius 2 is 2.33 bits per heavy atom. The van der Waals surface area contributed by atoms with Gasteiger partial charge in [-0.15, -0.1) is 0 Å². The molecule has 0 aliphatic rings. The summed E-state index contributed by atoms with van der Waals surface area (Å²) in [6, 6.07) is 3.18. The van der Waals surface area contributed by atoms with Gasteiger partial charge in [-0.2, -0.15) is 5.10 Å². The molecule has 0 fully saturated rings. The topological polar surface area (TPSA) is 104 Å². The maximum atomic E-state index is 12.8. The van der Waals surface area contributed by atoms with Gasteiger partial charge in [-0.1, -0.05) is 0 Å². The minimum absolute atomic E-state index is 0.00142. The highest BCUT2D eigenvalue weighted by molar-refractivity contribution is 5.96. The van der Waals surface area contributed by atoms with Crippen LogP contribution >= 0.6 is 0 Å². The van der Waals surface area contributed by atoms with Crippen LogP contribution in [-0.4, -0.2) is 21.2 Å². The summed E-state index contributed by atoms with van der Waals surface area (Å²) >= 11 is 0. The monoisotopic (exact) mass is 250 g/mol. The van der Waals surface area contributed by atoms with Crippen molar-refractivity contribution in [3.8, 4) is 5.75 Å². The van der Waals surface area contributed by atoms with Crippen molar-refractivity contribution in [2.75, 3.05) is 5.73 Å². The Balaban J connectivity index is 2.06. The van der Waals surface area contributed by atoms with Gasteiger partial charge in [0.2, 0.25) is 0 Å². The number of H-pyrrole nitrogens is 1. The van der Waals surface area contributed by atoms with Crippen molar-refractivity contribution in [3.63, 3.8) is 0 Å². The first-order chi connectivity index (χ1) is 8.58. The molecule has 0 saturated carbocycles. The van der Waals surface area contributed by atoms with Crippen molar-refractivity contribution in [1.29, 1.82) is 0 Å². The number of nitrogen functional groups attached to an aromatic ring is 1. The number of aromatic nitrogens is 2. The van der Waals surface area contributed by atoms with Crippen molar-refractivity contribution in [3.05, 3.63) is 41.3 Å². The summed E-state index contributed by atoms with van der Waals surface area (Å²) in [6.07, 6.45) is 1.49. The fourth-order valence-electron chi connectivity index (χ4n) is 1.43. The van der Waals surface area contributed by atoms with Crippen molar-refractivity contribution in [2.24, 2.45) is 0 Å². The molecule has 1 amide bonds. The number of hydrogen-bond donors (Lipinski definition) is 4. The molecule has 1 aromatic heterocycles. The van der Waals surface area contributed by atoms with Crippen LogP contribution < -0.4 is 11.1 Å². The predicted octanol–water partition coefficient (Wildman–Crippen LogP) is 0.767. The first-order valence-corrected chi connectivity index (χ1v) is 5.12. The SMILES string of the molecule is Nc1[nH]ncc1CNC(=O)c1ccc(F)cc1O. The third kappa shape index (κ3) is 2.40. The first-order valence-electron chi connectivity index (χ1n) is 5.12. The van der Waals surface area contributed by atoms with Crippen LogP contribution in [0.4, 0.5) is 10.2 Å². The highest BCUT2D eigenvalue weighted by atomic mass is 19.1. The Kier molecular flexibility index (Phi) is 3.13. The zero-order valence-corrected chi connectivity index (χ0v) is 9.27. The van der Waals surface area contributed by atoms with E-state index in [1.807, 2.05) is 0 Å². The Morgan fingerprint density at radius 1 is 1.56 bits per heavy atom. The van der Waals surface area contributed by atoms with Crippen LogP contribution in [0, 0.1) is 5.82 Å². The average Bonchev–Trinajstić information content (AvgIpc) is 2.72. The van der Waals surface area contributed by atoms with E-state index in [2.05, 4.69) is 15.5 Å². The van der Waals surface area contributed by atoms with E-state index in [1.54, 1.807) is 0 Å². The number of nitrogens with zero attached hydrogens (tertiary/aromatic N) is 1. The minimum atomic E-state index is -0.608. The lowest BCUT2D eigenvalue weighted by Gasteiger charge is -2.06. The van der Waals surface area contributed by atoms with Crippen LogP contribution in [0.1, 0.15) is 15.9 Å². The molecule has 1 aromatic carbocycles. The highest BCUT2D eigenvalue weighted by Crippen LogP contribution is 2.18. The van der Waals surface area contributed by atoms with Crippen molar-refractivity contribution >= 4 is 11.7 Å². The van der Waals surface area contributed by atoms with E-state index in [4.69, 9.17) is 5.73 Å². The number of benzene rings is 1. The fourth-order valence-corrected chi connectivity index (χ4v) is 1.43. The minimum Gasteiger partial charge on any atom is -0.507 e. The summed E-state index contributed by atoms with van der Waals surface area (Å²) in [7, 11) is 0. The number of halogens is 1. The largest absolute Gasteiger partial charge is 0.507 e. The number of hydrogen-bond acceptors (Lipinski definition) is 4. The normalized spacial score (nSPS) is 10.3. The lowest BCUT2D eigenvalue weighted by atomic mass is 10.2. The first kappa shape index (κ1) is 11.9. The van der Waals surface area contributed by atoms with E-state index in [0.29, 0.717) is 11.4 Å². The highest BCUT2D eigenvalue weighted by Gasteiger charge is 2.12. The lowest BCUT2D eigenvalue weighted by Crippen LogP contribution is -2.23. The molecule has 6 nitrogen and oxygen atoms in total. The molecule has 0 spiro atoms. The molecule has 0 atom stereocenters. The van der Waals surface area contributed by atoms with E-state index in [1.165, 1.54) is 12.3 Å². The number of nitrogens with one attached hydrogen (secondary N) is 2. The molecule has 0 unspecified atom stereocenters. The van der Waals surface area contributed by atoms with Gasteiger partial charge in [0.05, 0.1) is 11.8 Å². The number of nitrogens with two attached hydrogens (primary N) is 1. The Hall–Kier alpha value is -2.57. The van der Waals surface area contributed by atoms with Crippen molar-refractivity contribution < 1.29 is 14.3 Å². The Morgan fingerprint density at radius 3 is 2.94 bits per heavy atom. The number of aromatic amines is 1. The smallest absolute Gasteiger partial charge is 0.255 e. The van der Waals surface area contributed by atoms with Gasteiger partial charge in [0.25, 0.3) is 5.91 Å². The second-order valence-electron chi connectivity index (χ2n) is 3.65. The van der Waals surface area contributed by atoms with Gasteiger partial charge in [-0.25, -0.2) is 4.39 Å². The van der Waals surface area contributed by atoms with Crippen LogP contribution in [0.15, 0.2) is 24.4 Å². The second kappa shape index (κ2) is 4.74. The van der Waals surface area contributed by atoms with Gasteiger partial charge in [-0.3, -0.25) is 9.89 Å². The average molecular weight is 250 g/mol. The molecule has 0 aliphatic carbocycles. The molecule has 2 aromatic rings. The number of anilines is 1. The van der Waals surface area contributed by atoms with E-state index in [9.17, 15) is 14.3 Å². The Labute approximate surface area is 102 Å². The van der Waals surface area contributed by atoms with Crippen LogP contribution in [0.5, 0.6) is 5.75 Å². The van der Waals surface area contributed by atoms with E-state index in [0.717, 1.165) is 12.1 Å². The second-order valence-corrected chi connectivity index (χ2v) is 3.65. The molecule has 2 rings (SSSR count). The van der Waals surface area contributed by atoms with Crippen LogP contribution in [-0.2, 0) is 6.54 Å². The van der Waals surface area contributed by atoms with Crippen molar-refractivity contribution in [1.82, 2.24) is 15.5 Å². The van der Waals surface area contributed by atoms with Gasteiger partial charge in [-0.05, 0) is 12.1 Å². The molecule has 18 heavy (non-hydrogen) atoms. The molecule has 94 valence electrons. The van der Waals surface area contributed by atoms with Gasteiger partial charge >= 0.3 is 0 Å². The molecule has 7 heteroatoms. The maximum absolute atomic E-state index is 12.8. The summed E-state index contributed by atoms with van der Waals surface area (Å²) < 4.78 is 12.8. The third-order valence-corrected chi connectivity index (χ3v) is 2.40. The molecule has 5 N–H and O–H groups in total. The number of aromatic hydroxyl groups is 1. The summed E-state index contributed by atoms with van der Waals surface area (Å²) in [5.74, 6) is -1.18. The zero-order valence-electron chi connectivity index (χ0n) is 9.27. The zero-order chi connectivity index (χ0) is 13.1. The summed E-state index contributed by atoms with van der Waals surface area (Å²) in [5.41, 5.74) is 6.18. The molecule has 0 saturated heterocycles. The summed E-state index contributed by atoms with van der Waals surface area (Å²) in [4.78, 5) is 11.7. The quantitative estimate of drug-likeness (QED) is 0.645. The third-order valence-electron chi connectivity index (χ3n) is 2.40. The van der Waals surface area contributed by atoms with Gasteiger partial charge in [0, 0.05) is 18.2 Å². The molecular formula is C11H11FN4O2. The standard InChI is InChI=1S/C11H11FN4O2/c12-7-1-2-8(9(17)3-7)11(18)14-4-6-5-15-16-10(6)13/h1-3,5,17H,4H2,(H,14,18)(H3,13,15,16). The van der Waals surface area contributed by atoms with Gasteiger partial charge in [0.15, 0.2) is 0 Å². The van der Waals surface area contributed by atoms with Crippen LogP contribution in [0.25, 0.3) is 0 Å². The molecule has 0 bridgehead atoms. The lowest BCUT2D eigenvalue weighted by molar-refractivity contribution is 0.0948. The van der Waals surface area contributed by atoms with Crippen LogP contribution in [0.2, 0.25) is 0 Å². The Bertz CT molecular complexity index is 582. The molecule has 0 aliphatic heterocycles. The molecule has 0 radical (unpaired) electrons. The number of amides is 1. The number of carbonyl (C=O) groups is 1.